The van der Waals surface area contributed by atoms with Crippen LogP contribution in [-0.2, 0) is 11.4 Å². The first-order chi connectivity index (χ1) is 16.1. The van der Waals surface area contributed by atoms with Gasteiger partial charge in [-0.2, -0.15) is 0 Å². The fourth-order valence-corrected chi connectivity index (χ4v) is 4.08. The molecule has 170 valence electrons. The highest BCUT2D eigenvalue weighted by molar-refractivity contribution is 14.1. The number of rotatable bonds is 7. The third-order valence-corrected chi connectivity index (χ3v) is 6.20. The summed E-state index contributed by atoms with van der Waals surface area (Å²) in [6, 6.07) is 15.5. The molecular formula is C24H24IN5O3. The fourth-order valence-electron chi connectivity index (χ4n) is 3.49. The normalized spacial score (nSPS) is 13.5. The van der Waals surface area contributed by atoms with E-state index in [1.165, 1.54) is 0 Å². The number of carbonyl (C=O) groups is 2. The lowest BCUT2D eigenvalue weighted by Gasteiger charge is -2.35. The largest absolute Gasteiger partial charge is 0.487 e. The predicted molar refractivity (Wildman–Crippen MR) is 133 cm³/mol. The molecule has 0 atom stereocenters. The Kier molecular flexibility index (Phi) is 7.71. The number of hydrogen-bond donors (Lipinski definition) is 1. The van der Waals surface area contributed by atoms with Crippen LogP contribution in [0, 0.1) is 3.57 Å². The standard InChI is InChI=1S/C24H24IN5O3/c25-21-15-26-9-8-20(21)24(32)28-16-23(31)30-12-10-29(11-13-30)22-7-6-19(14-27-22)33-17-18-4-2-1-3-5-18/h1-9,14-15H,10-13,16-17H2,(H,28,32). The fraction of sp³-hybridized carbons (Fsp3) is 0.250. The second-order valence-corrected chi connectivity index (χ2v) is 8.69. The third-order valence-electron chi connectivity index (χ3n) is 5.34. The van der Waals surface area contributed by atoms with Crippen molar-refractivity contribution in [2.45, 2.75) is 6.61 Å². The van der Waals surface area contributed by atoms with E-state index in [0.717, 1.165) is 20.7 Å². The Labute approximate surface area is 206 Å². The number of pyridine rings is 2. The number of halogens is 1. The van der Waals surface area contributed by atoms with Crippen LogP contribution in [0.1, 0.15) is 15.9 Å². The molecule has 3 heterocycles. The van der Waals surface area contributed by atoms with E-state index in [4.69, 9.17) is 4.74 Å². The average Bonchev–Trinajstić information content (AvgIpc) is 2.87. The molecule has 2 amide bonds. The highest BCUT2D eigenvalue weighted by Gasteiger charge is 2.22. The van der Waals surface area contributed by atoms with Crippen LogP contribution in [0.4, 0.5) is 5.82 Å². The van der Waals surface area contributed by atoms with E-state index in [9.17, 15) is 9.59 Å². The Morgan fingerprint density at radius 1 is 1.00 bits per heavy atom. The van der Waals surface area contributed by atoms with E-state index in [1.807, 2.05) is 42.5 Å². The molecule has 1 saturated heterocycles. The van der Waals surface area contributed by atoms with Crippen LogP contribution in [0.3, 0.4) is 0 Å². The van der Waals surface area contributed by atoms with Crippen molar-refractivity contribution in [3.8, 4) is 5.75 Å². The first-order valence-electron chi connectivity index (χ1n) is 10.6. The summed E-state index contributed by atoms with van der Waals surface area (Å²) in [5.74, 6) is 1.21. The SMILES string of the molecule is O=C(NCC(=O)N1CCN(c2ccc(OCc3ccccc3)cn2)CC1)c1ccncc1I. The van der Waals surface area contributed by atoms with Crippen molar-refractivity contribution in [1.82, 2.24) is 20.2 Å². The van der Waals surface area contributed by atoms with Crippen molar-refractivity contribution in [2.75, 3.05) is 37.6 Å². The van der Waals surface area contributed by atoms with Gasteiger partial charge in [0, 0.05) is 42.1 Å². The van der Waals surface area contributed by atoms with Crippen LogP contribution in [0.25, 0.3) is 0 Å². The van der Waals surface area contributed by atoms with Gasteiger partial charge in [0.2, 0.25) is 5.91 Å². The Hall–Kier alpha value is -3.21. The molecule has 0 bridgehead atoms. The number of nitrogens with zero attached hydrogens (tertiary/aromatic N) is 4. The quantitative estimate of drug-likeness (QED) is 0.450. The molecule has 0 unspecified atom stereocenters. The van der Waals surface area contributed by atoms with Gasteiger partial charge in [-0.05, 0) is 46.4 Å². The second kappa shape index (κ2) is 11.1. The van der Waals surface area contributed by atoms with Gasteiger partial charge in [0.05, 0.1) is 18.3 Å². The molecule has 0 spiro atoms. The van der Waals surface area contributed by atoms with Crippen LogP contribution in [0.2, 0.25) is 0 Å². The van der Waals surface area contributed by atoms with E-state index in [2.05, 4.69) is 42.8 Å². The molecule has 1 aliphatic heterocycles. The smallest absolute Gasteiger partial charge is 0.252 e. The lowest BCUT2D eigenvalue weighted by molar-refractivity contribution is -0.130. The summed E-state index contributed by atoms with van der Waals surface area (Å²) in [6.07, 6.45) is 4.91. The highest BCUT2D eigenvalue weighted by Crippen LogP contribution is 2.18. The third kappa shape index (κ3) is 6.19. The van der Waals surface area contributed by atoms with Gasteiger partial charge in [0.1, 0.15) is 18.2 Å². The first-order valence-corrected chi connectivity index (χ1v) is 11.7. The molecule has 1 aliphatic rings. The summed E-state index contributed by atoms with van der Waals surface area (Å²) >= 11 is 2.05. The minimum atomic E-state index is -0.271. The lowest BCUT2D eigenvalue weighted by Crippen LogP contribution is -2.51. The molecule has 33 heavy (non-hydrogen) atoms. The molecule has 0 saturated carbocycles. The zero-order chi connectivity index (χ0) is 23.0. The first kappa shape index (κ1) is 23.0. The molecule has 3 aromatic rings. The molecular weight excluding hydrogens is 533 g/mol. The van der Waals surface area contributed by atoms with Gasteiger partial charge in [-0.15, -0.1) is 0 Å². The molecule has 1 N–H and O–H groups in total. The second-order valence-electron chi connectivity index (χ2n) is 7.53. The number of hydrogen-bond acceptors (Lipinski definition) is 6. The Balaban J connectivity index is 1.22. The van der Waals surface area contributed by atoms with Gasteiger partial charge >= 0.3 is 0 Å². The van der Waals surface area contributed by atoms with Crippen molar-refractivity contribution in [1.29, 1.82) is 0 Å². The molecule has 1 fully saturated rings. The van der Waals surface area contributed by atoms with Gasteiger partial charge in [-0.3, -0.25) is 14.6 Å². The van der Waals surface area contributed by atoms with Crippen molar-refractivity contribution in [3.63, 3.8) is 0 Å². The van der Waals surface area contributed by atoms with Crippen LogP contribution in [0.15, 0.2) is 67.1 Å². The zero-order valence-corrected chi connectivity index (χ0v) is 20.1. The van der Waals surface area contributed by atoms with Gasteiger partial charge in [-0.25, -0.2) is 4.98 Å². The summed E-state index contributed by atoms with van der Waals surface area (Å²) in [5, 5.41) is 2.71. The van der Waals surface area contributed by atoms with Gasteiger partial charge in [0.15, 0.2) is 0 Å². The molecule has 4 rings (SSSR count). The summed E-state index contributed by atoms with van der Waals surface area (Å²) in [5.41, 5.74) is 1.62. The van der Waals surface area contributed by atoms with E-state index < -0.39 is 0 Å². The summed E-state index contributed by atoms with van der Waals surface area (Å²) < 4.78 is 6.54. The maximum atomic E-state index is 12.5. The Morgan fingerprint density at radius 3 is 2.48 bits per heavy atom. The topological polar surface area (TPSA) is 87.7 Å². The van der Waals surface area contributed by atoms with Crippen LogP contribution >= 0.6 is 22.6 Å². The minimum Gasteiger partial charge on any atom is -0.487 e. The van der Waals surface area contributed by atoms with Gasteiger partial charge in [0.25, 0.3) is 5.91 Å². The summed E-state index contributed by atoms with van der Waals surface area (Å²) in [6.45, 7) is 2.99. The molecule has 2 aromatic heterocycles. The number of aromatic nitrogens is 2. The maximum absolute atomic E-state index is 12.5. The van der Waals surface area contributed by atoms with Crippen LogP contribution in [-0.4, -0.2) is 59.4 Å². The summed E-state index contributed by atoms with van der Waals surface area (Å²) in [4.78, 5) is 37.3. The lowest BCUT2D eigenvalue weighted by atomic mass is 10.2. The number of piperazine rings is 1. The Bertz CT molecular complexity index is 1090. The number of amides is 2. The number of benzene rings is 1. The number of nitrogens with one attached hydrogen (secondary N) is 1. The molecule has 0 aliphatic carbocycles. The van der Waals surface area contributed by atoms with E-state index in [1.54, 1.807) is 29.6 Å². The van der Waals surface area contributed by atoms with E-state index in [0.29, 0.717) is 38.3 Å². The van der Waals surface area contributed by atoms with E-state index in [-0.39, 0.29) is 18.4 Å². The maximum Gasteiger partial charge on any atom is 0.252 e. The Morgan fingerprint density at radius 2 is 1.79 bits per heavy atom. The monoisotopic (exact) mass is 557 g/mol. The van der Waals surface area contributed by atoms with Crippen molar-refractivity contribution < 1.29 is 14.3 Å². The molecule has 1 aromatic carbocycles. The average molecular weight is 557 g/mol. The number of carbonyl (C=O) groups excluding carboxylic acids is 2. The molecule has 8 nitrogen and oxygen atoms in total. The number of ether oxygens (including phenoxy) is 1. The molecule has 0 radical (unpaired) electrons. The number of anilines is 1. The van der Waals surface area contributed by atoms with Crippen LogP contribution in [0.5, 0.6) is 5.75 Å². The van der Waals surface area contributed by atoms with Gasteiger partial charge in [-0.1, -0.05) is 30.3 Å². The van der Waals surface area contributed by atoms with Gasteiger partial charge < -0.3 is 19.9 Å². The van der Waals surface area contributed by atoms with Crippen LogP contribution < -0.4 is 15.0 Å². The minimum absolute atomic E-state index is 0.0249. The van der Waals surface area contributed by atoms with Crippen molar-refractivity contribution >= 4 is 40.2 Å². The predicted octanol–water partition coefficient (Wildman–Crippen LogP) is 2.74. The molecule has 9 heteroatoms. The van der Waals surface area contributed by atoms with Crippen molar-refractivity contribution in [3.05, 3.63) is 81.8 Å². The highest BCUT2D eigenvalue weighted by atomic mass is 127. The summed E-state index contributed by atoms with van der Waals surface area (Å²) in [7, 11) is 0. The zero-order valence-electron chi connectivity index (χ0n) is 18.0. The van der Waals surface area contributed by atoms with Crippen molar-refractivity contribution in [2.24, 2.45) is 0 Å². The van der Waals surface area contributed by atoms with E-state index >= 15 is 0 Å².